The van der Waals surface area contributed by atoms with Crippen molar-refractivity contribution in [1.82, 2.24) is 4.90 Å². The normalized spacial score (nSPS) is 16.9. The average molecular weight is 291 g/mol. The number of rotatable bonds is 5. The topological polar surface area (TPSA) is 32.5 Å². The fourth-order valence-corrected chi connectivity index (χ4v) is 3.20. The van der Waals surface area contributed by atoms with Gasteiger partial charge in [-0.3, -0.25) is 0 Å². The number of nitrogens with zero attached hydrogens (tertiary/aromatic N) is 2. The Balaban J connectivity index is 2.27. The van der Waals surface area contributed by atoms with Gasteiger partial charge in [-0.05, 0) is 58.0 Å². The minimum atomic E-state index is 0.298. The molecule has 0 heterocycles. The Bertz CT molecular complexity index is 506. The molecule has 1 aliphatic rings. The van der Waals surface area contributed by atoms with Crippen LogP contribution in [-0.2, 0) is 0 Å². The highest BCUT2D eigenvalue weighted by molar-refractivity contribution is 7.80. The molecule has 1 fully saturated rings. The maximum Gasteiger partial charge on any atom is 0.106 e. The molecule has 3 nitrogen and oxygen atoms in total. The zero-order valence-corrected chi connectivity index (χ0v) is 13.8. The molecule has 0 aromatic heterocycles. The summed E-state index contributed by atoms with van der Waals surface area (Å²) >= 11 is 5.19. The molecule has 0 bridgehead atoms. The molecule has 0 saturated heterocycles. The first-order chi connectivity index (χ1) is 9.35. The van der Waals surface area contributed by atoms with Crippen LogP contribution in [-0.4, -0.2) is 43.1 Å². The number of aryl methyl sites for hydroxylation is 1. The molecule has 0 radical (unpaired) electrons. The zero-order valence-electron chi connectivity index (χ0n) is 12.9. The van der Waals surface area contributed by atoms with E-state index in [4.69, 9.17) is 18.0 Å². The zero-order chi connectivity index (χ0) is 14.9. The lowest BCUT2D eigenvalue weighted by molar-refractivity contribution is 0.0683. The molecule has 0 amide bonds. The van der Waals surface area contributed by atoms with Gasteiger partial charge in [-0.1, -0.05) is 18.3 Å². The van der Waals surface area contributed by atoms with Gasteiger partial charge < -0.3 is 15.5 Å². The maximum absolute atomic E-state index is 5.87. The molecular formula is C16H25N3S. The van der Waals surface area contributed by atoms with Gasteiger partial charge in [0.25, 0.3) is 0 Å². The number of anilines is 1. The summed E-state index contributed by atoms with van der Waals surface area (Å²) in [5.41, 5.74) is 9.52. The Hall–Kier alpha value is -1.13. The number of likely N-dealkylation sites (N-methyl/N-ethyl adjacent to an activating group) is 2. The van der Waals surface area contributed by atoms with Gasteiger partial charge in [0.15, 0.2) is 0 Å². The summed E-state index contributed by atoms with van der Waals surface area (Å²) in [5, 5.41) is 0. The summed E-state index contributed by atoms with van der Waals surface area (Å²) < 4.78 is 0. The smallest absolute Gasteiger partial charge is 0.106 e. The van der Waals surface area contributed by atoms with E-state index >= 15 is 0 Å². The van der Waals surface area contributed by atoms with E-state index in [-0.39, 0.29) is 0 Å². The summed E-state index contributed by atoms with van der Waals surface area (Å²) in [6.45, 7) is 3.12. The average Bonchev–Trinajstić information content (AvgIpc) is 2.32. The van der Waals surface area contributed by atoms with E-state index in [1.54, 1.807) is 0 Å². The summed E-state index contributed by atoms with van der Waals surface area (Å²) in [4.78, 5) is 5.14. The highest BCUT2D eigenvalue weighted by atomic mass is 32.1. The molecule has 0 aliphatic heterocycles. The van der Waals surface area contributed by atoms with Crippen LogP contribution < -0.4 is 10.6 Å². The first-order valence-electron chi connectivity index (χ1n) is 7.15. The van der Waals surface area contributed by atoms with E-state index in [1.165, 1.54) is 24.8 Å². The Labute approximate surface area is 127 Å². The van der Waals surface area contributed by atoms with Crippen LogP contribution in [0, 0.1) is 6.92 Å². The van der Waals surface area contributed by atoms with Crippen LogP contribution in [0.2, 0.25) is 0 Å². The Morgan fingerprint density at radius 2 is 1.95 bits per heavy atom. The molecule has 2 N–H and O–H groups in total. The van der Waals surface area contributed by atoms with Gasteiger partial charge in [0.1, 0.15) is 4.99 Å². The Morgan fingerprint density at radius 3 is 2.40 bits per heavy atom. The predicted molar refractivity (Wildman–Crippen MR) is 90.6 cm³/mol. The number of hydrogen-bond donors (Lipinski definition) is 1. The monoisotopic (exact) mass is 291 g/mol. The number of thiocarbonyl (C=S) groups is 1. The van der Waals surface area contributed by atoms with E-state index in [2.05, 4.69) is 50.0 Å². The molecule has 1 aromatic rings. The SMILES string of the molecule is Cc1ccc(C(N)=S)c(N(C)CC2(N(C)C)CCC2)c1. The van der Waals surface area contributed by atoms with E-state index < -0.39 is 0 Å². The summed E-state index contributed by atoms with van der Waals surface area (Å²) in [5.74, 6) is 0. The van der Waals surface area contributed by atoms with Gasteiger partial charge in [0.05, 0.1) is 0 Å². The first-order valence-corrected chi connectivity index (χ1v) is 7.55. The van der Waals surface area contributed by atoms with Crippen molar-refractivity contribution in [2.24, 2.45) is 5.73 Å². The molecule has 1 saturated carbocycles. The van der Waals surface area contributed by atoms with Crippen molar-refractivity contribution in [1.29, 1.82) is 0 Å². The van der Waals surface area contributed by atoms with Crippen LogP contribution in [0.25, 0.3) is 0 Å². The first kappa shape index (κ1) is 15.3. The predicted octanol–water partition coefficient (Wildman–Crippen LogP) is 2.55. The highest BCUT2D eigenvalue weighted by Crippen LogP contribution is 2.38. The minimum Gasteiger partial charge on any atom is -0.389 e. The van der Waals surface area contributed by atoms with Crippen molar-refractivity contribution < 1.29 is 0 Å². The van der Waals surface area contributed by atoms with Crippen molar-refractivity contribution in [2.45, 2.75) is 31.7 Å². The molecule has 0 spiro atoms. The van der Waals surface area contributed by atoms with Crippen LogP contribution in [0.15, 0.2) is 18.2 Å². The van der Waals surface area contributed by atoms with Gasteiger partial charge in [0, 0.05) is 30.4 Å². The van der Waals surface area contributed by atoms with Crippen LogP contribution >= 0.6 is 12.2 Å². The molecule has 0 unspecified atom stereocenters. The van der Waals surface area contributed by atoms with Gasteiger partial charge >= 0.3 is 0 Å². The number of benzene rings is 1. The van der Waals surface area contributed by atoms with Crippen LogP contribution in [0.1, 0.15) is 30.4 Å². The van der Waals surface area contributed by atoms with Crippen molar-refractivity contribution in [2.75, 3.05) is 32.6 Å². The number of hydrogen-bond acceptors (Lipinski definition) is 3. The molecule has 2 rings (SSSR count). The third-order valence-corrected chi connectivity index (χ3v) is 4.81. The summed E-state index contributed by atoms with van der Waals surface area (Å²) in [6, 6.07) is 6.28. The van der Waals surface area contributed by atoms with Crippen molar-refractivity contribution in [3.05, 3.63) is 29.3 Å². The number of nitrogens with two attached hydrogens (primary N) is 1. The quantitative estimate of drug-likeness (QED) is 0.845. The minimum absolute atomic E-state index is 0.298. The lowest BCUT2D eigenvalue weighted by Crippen LogP contribution is -2.56. The Kier molecular flexibility index (Phi) is 4.35. The van der Waals surface area contributed by atoms with Crippen LogP contribution in [0.5, 0.6) is 0 Å². The lowest BCUT2D eigenvalue weighted by Gasteiger charge is -2.49. The van der Waals surface area contributed by atoms with Crippen molar-refractivity contribution >= 4 is 22.9 Å². The molecule has 20 heavy (non-hydrogen) atoms. The second kappa shape index (κ2) is 5.70. The van der Waals surface area contributed by atoms with Gasteiger partial charge in [-0.2, -0.15) is 0 Å². The highest BCUT2D eigenvalue weighted by Gasteiger charge is 2.40. The third kappa shape index (κ3) is 2.81. The molecule has 1 aromatic carbocycles. The van der Waals surface area contributed by atoms with Gasteiger partial charge in [-0.15, -0.1) is 0 Å². The second-order valence-corrected chi connectivity index (χ2v) is 6.65. The van der Waals surface area contributed by atoms with Crippen LogP contribution in [0.3, 0.4) is 0 Å². The fourth-order valence-electron chi connectivity index (χ4n) is 3.02. The lowest BCUT2D eigenvalue weighted by atomic mass is 9.75. The van der Waals surface area contributed by atoms with Crippen molar-refractivity contribution in [3.8, 4) is 0 Å². The third-order valence-electron chi connectivity index (χ3n) is 4.59. The van der Waals surface area contributed by atoms with E-state index in [0.29, 0.717) is 10.5 Å². The largest absolute Gasteiger partial charge is 0.389 e. The van der Waals surface area contributed by atoms with E-state index in [1.807, 2.05) is 6.07 Å². The Morgan fingerprint density at radius 1 is 1.30 bits per heavy atom. The molecule has 110 valence electrons. The summed E-state index contributed by atoms with van der Waals surface area (Å²) in [7, 11) is 6.50. The van der Waals surface area contributed by atoms with E-state index in [0.717, 1.165) is 17.8 Å². The maximum atomic E-state index is 5.87. The van der Waals surface area contributed by atoms with Crippen molar-refractivity contribution in [3.63, 3.8) is 0 Å². The molecule has 4 heteroatoms. The molecular weight excluding hydrogens is 266 g/mol. The van der Waals surface area contributed by atoms with Crippen LogP contribution in [0.4, 0.5) is 5.69 Å². The fraction of sp³-hybridized carbons (Fsp3) is 0.562. The van der Waals surface area contributed by atoms with Gasteiger partial charge in [0.2, 0.25) is 0 Å². The second-order valence-electron chi connectivity index (χ2n) is 6.21. The van der Waals surface area contributed by atoms with Gasteiger partial charge in [-0.25, -0.2) is 0 Å². The summed E-state index contributed by atoms with van der Waals surface area (Å²) in [6.07, 6.45) is 3.85. The van der Waals surface area contributed by atoms with E-state index in [9.17, 15) is 0 Å². The standard InChI is InChI=1S/C16H25N3S/c1-12-6-7-13(15(17)20)14(10-12)19(4)11-16(18(2)3)8-5-9-16/h6-7,10H,5,8-9,11H2,1-4H3,(H2,17,20). The molecule has 1 aliphatic carbocycles. The molecule has 0 atom stereocenters.